The van der Waals surface area contributed by atoms with Gasteiger partial charge < -0.3 is 9.80 Å². The summed E-state index contributed by atoms with van der Waals surface area (Å²) >= 11 is 11.9. The number of carbonyl (C=O) groups is 2. The lowest BCUT2D eigenvalue weighted by Gasteiger charge is -2.35. The lowest BCUT2D eigenvalue weighted by Crippen LogP contribution is -2.45. The summed E-state index contributed by atoms with van der Waals surface area (Å²) in [6.45, 7) is 3.01. The Labute approximate surface area is 152 Å². The normalized spacial score (nSPS) is 19.4. The van der Waals surface area contributed by atoms with Crippen LogP contribution < -0.4 is 0 Å². The van der Waals surface area contributed by atoms with Gasteiger partial charge in [-0.25, -0.2) is 0 Å². The maximum Gasteiger partial charge on any atom is 0.253 e. The van der Waals surface area contributed by atoms with Crippen molar-refractivity contribution in [2.45, 2.75) is 32.1 Å². The standard InChI is InChI=1S/C18H22Cl2N2O2/c19-15-5-4-14(12-16(15)20)18(24)22-10-6-13(7-11-22)17(23)21-8-2-1-3-9-21/h4-5,12-13H,1-3,6-11H2. The Hall–Kier alpha value is -1.26. The summed E-state index contributed by atoms with van der Waals surface area (Å²) < 4.78 is 0. The third-order valence-electron chi connectivity index (χ3n) is 4.97. The highest BCUT2D eigenvalue weighted by molar-refractivity contribution is 6.42. The lowest BCUT2D eigenvalue weighted by molar-refractivity contribution is -0.137. The number of nitrogens with zero attached hydrogens (tertiary/aromatic N) is 2. The van der Waals surface area contributed by atoms with E-state index < -0.39 is 0 Å². The number of piperidine rings is 2. The van der Waals surface area contributed by atoms with Crippen molar-refractivity contribution < 1.29 is 9.59 Å². The number of hydrogen-bond donors (Lipinski definition) is 0. The third-order valence-corrected chi connectivity index (χ3v) is 5.70. The molecule has 3 rings (SSSR count). The van der Waals surface area contributed by atoms with E-state index in [-0.39, 0.29) is 17.7 Å². The summed E-state index contributed by atoms with van der Waals surface area (Å²) in [5, 5.41) is 0.830. The third kappa shape index (κ3) is 3.86. The van der Waals surface area contributed by atoms with Gasteiger partial charge >= 0.3 is 0 Å². The van der Waals surface area contributed by atoms with Crippen molar-refractivity contribution in [2.24, 2.45) is 5.92 Å². The van der Waals surface area contributed by atoms with Gasteiger partial charge in [-0.1, -0.05) is 23.2 Å². The Morgan fingerprint density at radius 2 is 1.54 bits per heavy atom. The van der Waals surface area contributed by atoms with E-state index in [1.54, 1.807) is 23.1 Å². The average Bonchev–Trinajstić information content (AvgIpc) is 2.63. The minimum absolute atomic E-state index is 0.0440. The van der Waals surface area contributed by atoms with Gasteiger partial charge in [0.05, 0.1) is 10.0 Å². The molecule has 130 valence electrons. The second kappa shape index (κ2) is 7.75. The highest BCUT2D eigenvalue weighted by atomic mass is 35.5. The van der Waals surface area contributed by atoms with Crippen LogP contribution in [-0.2, 0) is 4.79 Å². The SMILES string of the molecule is O=C(c1ccc(Cl)c(Cl)c1)N1CCC(C(=O)N2CCCCC2)CC1. The molecule has 0 aromatic heterocycles. The Morgan fingerprint density at radius 1 is 0.875 bits per heavy atom. The fraction of sp³-hybridized carbons (Fsp3) is 0.556. The average molecular weight is 369 g/mol. The zero-order chi connectivity index (χ0) is 17.1. The number of carbonyl (C=O) groups excluding carboxylic acids is 2. The number of halogens is 2. The van der Waals surface area contributed by atoms with Gasteiger partial charge in [0.1, 0.15) is 0 Å². The molecule has 0 bridgehead atoms. The van der Waals surface area contributed by atoms with Crippen molar-refractivity contribution in [3.05, 3.63) is 33.8 Å². The number of hydrogen-bond acceptors (Lipinski definition) is 2. The highest BCUT2D eigenvalue weighted by Gasteiger charge is 2.31. The van der Waals surface area contributed by atoms with E-state index in [1.165, 1.54) is 6.42 Å². The maximum absolute atomic E-state index is 12.6. The largest absolute Gasteiger partial charge is 0.342 e. The van der Waals surface area contributed by atoms with Gasteiger partial charge in [0.2, 0.25) is 5.91 Å². The summed E-state index contributed by atoms with van der Waals surface area (Å²) in [7, 11) is 0. The predicted molar refractivity (Wildman–Crippen MR) is 95.5 cm³/mol. The summed E-state index contributed by atoms with van der Waals surface area (Å²) in [6, 6.07) is 4.95. The van der Waals surface area contributed by atoms with Crippen LogP contribution in [0.15, 0.2) is 18.2 Å². The van der Waals surface area contributed by atoms with Gasteiger partial charge in [-0.3, -0.25) is 9.59 Å². The molecule has 0 aliphatic carbocycles. The molecule has 2 aliphatic rings. The molecular formula is C18H22Cl2N2O2. The summed E-state index contributed by atoms with van der Waals surface area (Å²) in [6.07, 6.45) is 4.92. The van der Waals surface area contributed by atoms with Gasteiger partial charge in [-0.2, -0.15) is 0 Å². The van der Waals surface area contributed by atoms with Gasteiger partial charge in [-0.15, -0.1) is 0 Å². The van der Waals surface area contributed by atoms with Crippen LogP contribution >= 0.6 is 23.2 Å². The first-order valence-electron chi connectivity index (χ1n) is 8.59. The molecule has 4 nitrogen and oxygen atoms in total. The maximum atomic E-state index is 12.6. The van der Waals surface area contributed by atoms with Crippen LogP contribution in [0.3, 0.4) is 0 Å². The zero-order valence-electron chi connectivity index (χ0n) is 13.6. The van der Waals surface area contributed by atoms with Gasteiger partial charge in [0, 0.05) is 37.7 Å². The van der Waals surface area contributed by atoms with E-state index in [0.717, 1.165) is 38.8 Å². The molecule has 1 aromatic rings. The number of benzene rings is 1. The number of likely N-dealkylation sites (tertiary alicyclic amines) is 2. The fourth-order valence-electron chi connectivity index (χ4n) is 3.51. The monoisotopic (exact) mass is 368 g/mol. The van der Waals surface area contributed by atoms with Crippen LogP contribution in [0.5, 0.6) is 0 Å². The molecule has 6 heteroatoms. The molecule has 2 amide bonds. The summed E-state index contributed by atoms with van der Waals surface area (Å²) in [5.74, 6) is 0.287. The molecule has 0 unspecified atom stereocenters. The van der Waals surface area contributed by atoms with E-state index >= 15 is 0 Å². The predicted octanol–water partition coefficient (Wildman–Crippen LogP) is 3.86. The molecule has 0 spiro atoms. The van der Waals surface area contributed by atoms with Crippen molar-refractivity contribution in [3.8, 4) is 0 Å². The molecule has 0 saturated carbocycles. The lowest BCUT2D eigenvalue weighted by atomic mass is 9.94. The summed E-state index contributed by atoms with van der Waals surface area (Å²) in [4.78, 5) is 29.0. The molecule has 0 radical (unpaired) electrons. The molecule has 2 saturated heterocycles. The molecule has 1 aromatic carbocycles. The minimum atomic E-state index is -0.0440. The Kier molecular flexibility index (Phi) is 5.67. The van der Waals surface area contributed by atoms with Crippen LogP contribution in [0.25, 0.3) is 0 Å². The minimum Gasteiger partial charge on any atom is -0.342 e. The zero-order valence-corrected chi connectivity index (χ0v) is 15.2. The number of rotatable bonds is 2. The quantitative estimate of drug-likeness (QED) is 0.794. The molecule has 0 atom stereocenters. The van der Waals surface area contributed by atoms with Gasteiger partial charge in [0.25, 0.3) is 5.91 Å². The molecule has 24 heavy (non-hydrogen) atoms. The van der Waals surface area contributed by atoms with Crippen molar-refractivity contribution in [1.82, 2.24) is 9.80 Å². The fourth-order valence-corrected chi connectivity index (χ4v) is 3.81. The van der Waals surface area contributed by atoms with Gasteiger partial charge in [-0.05, 0) is 50.3 Å². The van der Waals surface area contributed by atoms with E-state index in [0.29, 0.717) is 28.7 Å². The van der Waals surface area contributed by atoms with Crippen LogP contribution in [0.2, 0.25) is 10.0 Å². The second-order valence-corrected chi connectivity index (χ2v) is 7.40. The highest BCUT2D eigenvalue weighted by Crippen LogP contribution is 2.26. The molecule has 2 heterocycles. The Bertz CT molecular complexity index is 621. The smallest absolute Gasteiger partial charge is 0.253 e. The molecular weight excluding hydrogens is 347 g/mol. The first-order valence-corrected chi connectivity index (χ1v) is 9.35. The Morgan fingerprint density at radius 3 is 2.17 bits per heavy atom. The van der Waals surface area contributed by atoms with Crippen molar-refractivity contribution >= 4 is 35.0 Å². The molecule has 2 aliphatic heterocycles. The van der Waals surface area contributed by atoms with Gasteiger partial charge in [0.15, 0.2) is 0 Å². The van der Waals surface area contributed by atoms with Crippen LogP contribution in [-0.4, -0.2) is 47.8 Å². The van der Waals surface area contributed by atoms with E-state index in [1.807, 2.05) is 4.90 Å². The van der Waals surface area contributed by atoms with Crippen LogP contribution in [0.1, 0.15) is 42.5 Å². The van der Waals surface area contributed by atoms with E-state index in [9.17, 15) is 9.59 Å². The van der Waals surface area contributed by atoms with Crippen molar-refractivity contribution in [3.63, 3.8) is 0 Å². The first kappa shape index (κ1) is 17.6. The number of amides is 2. The first-order chi connectivity index (χ1) is 11.6. The topological polar surface area (TPSA) is 40.6 Å². The van der Waals surface area contributed by atoms with E-state index in [4.69, 9.17) is 23.2 Å². The molecule has 0 N–H and O–H groups in total. The van der Waals surface area contributed by atoms with Crippen LogP contribution in [0, 0.1) is 5.92 Å². The van der Waals surface area contributed by atoms with Crippen molar-refractivity contribution in [1.29, 1.82) is 0 Å². The summed E-state index contributed by atoms with van der Waals surface area (Å²) in [5.41, 5.74) is 0.546. The van der Waals surface area contributed by atoms with Crippen LogP contribution in [0.4, 0.5) is 0 Å². The Balaban J connectivity index is 1.57. The molecule has 2 fully saturated rings. The van der Waals surface area contributed by atoms with E-state index in [2.05, 4.69) is 0 Å². The van der Waals surface area contributed by atoms with Crippen molar-refractivity contribution in [2.75, 3.05) is 26.2 Å². The second-order valence-electron chi connectivity index (χ2n) is 6.58.